The number of urea groups is 1. The number of carbonyl (C=O) groups is 1. The first kappa shape index (κ1) is 15.7. The SMILES string of the molecule is C=CCN(CCO)C(=O)Nc1cnn(-c2ccccc2F)c1. The molecule has 0 fully saturated rings. The Kier molecular flexibility index (Phi) is 5.26. The predicted molar refractivity (Wildman–Crippen MR) is 81.4 cm³/mol. The number of aliphatic hydroxyl groups excluding tert-OH is 1. The van der Waals surface area contributed by atoms with Gasteiger partial charge in [-0.05, 0) is 12.1 Å². The van der Waals surface area contributed by atoms with Crippen molar-refractivity contribution in [3.63, 3.8) is 0 Å². The maximum atomic E-state index is 13.7. The minimum atomic E-state index is -0.406. The van der Waals surface area contributed by atoms with Crippen LogP contribution < -0.4 is 5.32 Å². The summed E-state index contributed by atoms with van der Waals surface area (Å²) in [6.45, 7) is 3.93. The zero-order chi connectivity index (χ0) is 15.9. The Morgan fingerprint density at radius 3 is 2.95 bits per heavy atom. The van der Waals surface area contributed by atoms with Crippen molar-refractivity contribution in [2.24, 2.45) is 0 Å². The maximum absolute atomic E-state index is 13.7. The van der Waals surface area contributed by atoms with Gasteiger partial charge in [0.1, 0.15) is 11.5 Å². The third-order valence-corrected chi connectivity index (χ3v) is 2.94. The van der Waals surface area contributed by atoms with Gasteiger partial charge in [-0.1, -0.05) is 18.2 Å². The van der Waals surface area contributed by atoms with Crippen molar-refractivity contribution < 1.29 is 14.3 Å². The Labute approximate surface area is 127 Å². The highest BCUT2D eigenvalue weighted by molar-refractivity contribution is 5.89. The fourth-order valence-corrected chi connectivity index (χ4v) is 1.91. The van der Waals surface area contributed by atoms with E-state index in [9.17, 15) is 9.18 Å². The van der Waals surface area contributed by atoms with Crippen molar-refractivity contribution in [2.45, 2.75) is 0 Å². The molecule has 1 aromatic heterocycles. The van der Waals surface area contributed by atoms with Crippen LogP contribution in [0.25, 0.3) is 5.69 Å². The molecule has 0 saturated heterocycles. The van der Waals surface area contributed by atoms with E-state index in [4.69, 9.17) is 5.11 Å². The first-order chi connectivity index (χ1) is 10.7. The predicted octanol–water partition coefficient (Wildman–Crippen LogP) is 2.02. The molecule has 0 unspecified atom stereocenters. The maximum Gasteiger partial charge on any atom is 0.322 e. The van der Waals surface area contributed by atoms with Crippen molar-refractivity contribution in [2.75, 3.05) is 25.0 Å². The van der Waals surface area contributed by atoms with Crippen LogP contribution in [0.4, 0.5) is 14.9 Å². The molecule has 7 heteroatoms. The summed E-state index contributed by atoms with van der Waals surface area (Å²) >= 11 is 0. The number of carbonyl (C=O) groups excluding carboxylic acids is 1. The molecule has 1 aromatic carbocycles. The van der Waals surface area contributed by atoms with Crippen LogP contribution in [0.1, 0.15) is 0 Å². The van der Waals surface area contributed by atoms with Gasteiger partial charge in [0, 0.05) is 13.1 Å². The van der Waals surface area contributed by atoms with E-state index < -0.39 is 5.82 Å². The molecule has 6 nitrogen and oxygen atoms in total. The van der Waals surface area contributed by atoms with Gasteiger partial charge in [-0.15, -0.1) is 6.58 Å². The zero-order valence-corrected chi connectivity index (χ0v) is 11.9. The fraction of sp³-hybridized carbons (Fsp3) is 0.200. The number of aliphatic hydroxyl groups is 1. The smallest absolute Gasteiger partial charge is 0.322 e. The normalized spacial score (nSPS) is 10.3. The van der Waals surface area contributed by atoms with Crippen LogP contribution in [0.15, 0.2) is 49.3 Å². The number of halogens is 1. The highest BCUT2D eigenvalue weighted by atomic mass is 19.1. The molecule has 116 valence electrons. The molecule has 0 aliphatic heterocycles. The lowest BCUT2D eigenvalue weighted by molar-refractivity contribution is 0.195. The fourth-order valence-electron chi connectivity index (χ4n) is 1.91. The number of anilines is 1. The largest absolute Gasteiger partial charge is 0.395 e. The summed E-state index contributed by atoms with van der Waals surface area (Å²) in [6.07, 6.45) is 4.51. The first-order valence-corrected chi connectivity index (χ1v) is 6.73. The molecule has 2 rings (SSSR count). The summed E-state index contributed by atoms with van der Waals surface area (Å²) in [5.41, 5.74) is 0.724. The van der Waals surface area contributed by atoms with Crippen LogP contribution in [-0.2, 0) is 0 Å². The van der Waals surface area contributed by atoms with Crippen LogP contribution >= 0.6 is 0 Å². The van der Waals surface area contributed by atoms with Crippen molar-refractivity contribution in [1.82, 2.24) is 14.7 Å². The molecule has 1 heterocycles. The van der Waals surface area contributed by atoms with E-state index in [0.717, 1.165) is 0 Å². The molecule has 2 N–H and O–H groups in total. The average Bonchev–Trinajstić information content (AvgIpc) is 2.95. The van der Waals surface area contributed by atoms with E-state index in [-0.39, 0.29) is 19.2 Å². The average molecular weight is 304 g/mol. The molecular formula is C15H17FN4O2. The topological polar surface area (TPSA) is 70.4 Å². The Hall–Kier alpha value is -2.67. The molecule has 22 heavy (non-hydrogen) atoms. The van der Waals surface area contributed by atoms with Crippen molar-refractivity contribution >= 4 is 11.7 Å². The summed E-state index contributed by atoms with van der Waals surface area (Å²) in [5.74, 6) is -0.406. The van der Waals surface area contributed by atoms with Gasteiger partial charge >= 0.3 is 6.03 Å². The lowest BCUT2D eigenvalue weighted by Gasteiger charge is -2.19. The summed E-state index contributed by atoms with van der Waals surface area (Å²) < 4.78 is 15.0. The van der Waals surface area contributed by atoms with Gasteiger partial charge in [-0.3, -0.25) is 0 Å². The Morgan fingerprint density at radius 2 is 2.27 bits per heavy atom. The van der Waals surface area contributed by atoms with Crippen LogP contribution in [0.2, 0.25) is 0 Å². The quantitative estimate of drug-likeness (QED) is 0.802. The number of rotatable bonds is 6. The van der Waals surface area contributed by atoms with E-state index in [2.05, 4.69) is 17.0 Å². The Morgan fingerprint density at radius 1 is 1.50 bits per heavy atom. The Balaban J connectivity index is 2.10. The van der Waals surface area contributed by atoms with Gasteiger partial charge in [-0.2, -0.15) is 5.10 Å². The molecule has 0 aliphatic carbocycles. The minimum absolute atomic E-state index is 0.143. The number of para-hydroxylation sites is 1. The molecule has 0 saturated carbocycles. The van der Waals surface area contributed by atoms with Gasteiger partial charge in [0.05, 0.1) is 24.7 Å². The molecule has 0 spiro atoms. The van der Waals surface area contributed by atoms with Gasteiger partial charge in [0.25, 0.3) is 0 Å². The zero-order valence-electron chi connectivity index (χ0n) is 11.9. The van der Waals surface area contributed by atoms with Gasteiger partial charge < -0.3 is 15.3 Å². The third-order valence-electron chi connectivity index (χ3n) is 2.94. The summed E-state index contributed by atoms with van der Waals surface area (Å²) in [5, 5.41) is 15.6. The molecule has 0 bridgehead atoms. The standard InChI is InChI=1S/C15H17FN4O2/c1-2-7-19(8-9-21)15(22)18-12-10-17-20(11-12)14-6-4-3-5-13(14)16/h2-6,10-11,21H,1,7-9H2,(H,18,22). The van der Waals surface area contributed by atoms with Crippen LogP contribution in [0.3, 0.4) is 0 Å². The van der Waals surface area contributed by atoms with Crippen LogP contribution in [0, 0.1) is 5.82 Å². The van der Waals surface area contributed by atoms with Crippen molar-refractivity contribution in [3.8, 4) is 5.69 Å². The summed E-state index contributed by atoms with van der Waals surface area (Å²) in [4.78, 5) is 13.4. The van der Waals surface area contributed by atoms with E-state index in [1.54, 1.807) is 24.3 Å². The molecule has 0 aliphatic rings. The van der Waals surface area contributed by atoms with Gasteiger partial charge in [0.15, 0.2) is 0 Å². The molecule has 0 atom stereocenters. The van der Waals surface area contributed by atoms with E-state index in [0.29, 0.717) is 17.9 Å². The van der Waals surface area contributed by atoms with Gasteiger partial charge in [-0.25, -0.2) is 13.9 Å². The minimum Gasteiger partial charge on any atom is -0.395 e. The number of nitrogens with one attached hydrogen (secondary N) is 1. The second-order valence-corrected chi connectivity index (χ2v) is 4.51. The summed E-state index contributed by atoms with van der Waals surface area (Å²) in [6, 6.07) is 5.83. The number of amides is 2. The first-order valence-electron chi connectivity index (χ1n) is 6.73. The van der Waals surface area contributed by atoms with Crippen molar-refractivity contribution in [1.29, 1.82) is 0 Å². The highest BCUT2D eigenvalue weighted by Crippen LogP contribution is 2.15. The highest BCUT2D eigenvalue weighted by Gasteiger charge is 2.13. The number of hydrogen-bond acceptors (Lipinski definition) is 3. The monoisotopic (exact) mass is 304 g/mol. The number of nitrogens with zero attached hydrogens (tertiary/aromatic N) is 3. The number of aromatic nitrogens is 2. The lowest BCUT2D eigenvalue weighted by Crippen LogP contribution is -2.37. The van der Waals surface area contributed by atoms with Crippen LogP contribution in [-0.4, -0.2) is 45.5 Å². The van der Waals surface area contributed by atoms with E-state index in [1.165, 1.54) is 28.0 Å². The van der Waals surface area contributed by atoms with Gasteiger partial charge in [0.2, 0.25) is 0 Å². The summed E-state index contributed by atoms with van der Waals surface area (Å²) in [7, 11) is 0. The molecule has 0 radical (unpaired) electrons. The van der Waals surface area contributed by atoms with E-state index in [1.807, 2.05) is 0 Å². The lowest BCUT2D eigenvalue weighted by atomic mass is 10.3. The van der Waals surface area contributed by atoms with E-state index >= 15 is 0 Å². The Bertz CT molecular complexity index is 656. The van der Waals surface area contributed by atoms with Crippen LogP contribution in [0.5, 0.6) is 0 Å². The number of hydrogen-bond donors (Lipinski definition) is 2. The second-order valence-electron chi connectivity index (χ2n) is 4.51. The molecule has 2 amide bonds. The molecular weight excluding hydrogens is 287 g/mol. The van der Waals surface area contributed by atoms with Crippen molar-refractivity contribution in [3.05, 3.63) is 55.1 Å². The third kappa shape index (κ3) is 3.70. The number of benzene rings is 1. The second kappa shape index (κ2) is 7.37. The molecule has 2 aromatic rings.